The third-order valence-corrected chi connectivity index (χ3v) is 9.02. The quantitative estimate of drug-likeness (QED) is 0.217. The number of carboxylic acids is 1. The van der Waals surface area contributed by atoms with Gasteiger partial charge in [0.15, 0.2) is 11.6 Å². The van der Waals surface area contributed by atoms with Gasteiger partial charge in [-0.05, 0) is 90.1 Å². The van der Waals surface area contributed by atoms with Crippen LogP contribution in [0.2, 0.25) is 0 Å². The van der Waals surface area contributed by atoms with Gasteiger partial charge in [-0.15, -0.1) is 0 Å². The summed E-state index contributed by atoms with van der Waals surface area (Å²) in [6, 6.07) is 9.72. The van der Waals surface area contributed by atoms with E-state index in [0.29, 0.717) is 37.4 Å². The van der Waals surface area contributed by atoms with Crippen molar-refractivity contribution in [2.75, 3.05) is 44.4 Å². The van der Waals surface area contributed by atoms with Gasteiger partial charge in [-0.25, -0.2) is 13.8 Å². The fourth-order valence-corrected chi connectivity index (χ4v) is 6.38. The van der Waals surface area contributed by atoms with Gasteiger partial charge in [0.05, 0.1) is 43.1 Å². The van der Waals surface area contributed by atoms with Crippen LogP contribution in [0.5, 0.6) is 5.75 Å². The van der Waals surface area contributed by atoms with Crippen LogP contribution in [-0.4, -0.2) is 76.3 Å². The summed E-state index contributed by atoms with van der Waals surface area (Å²) in [7, 11) is 0. The van der Waals surface area contributed by atoms with Gasteiger partial charge >= 0.3 is 5.97 Å². The van der Waals surface area contributed by atoms with Crippen LogP contribution in [0.3, 0.4) is 0 Å². The minimum absolute atomic E-state index is 0.110. The molecule has 3 aliphatic rings. The molecule has 9 nitrogen and oxygen atoms in total. The molecule has 2 N–H and O–H groups in total. The van der Waals surface area contributed by atoms with E-state index in [2.05, 4.69) is 16.2 Å². The summed E-state index contributed by atoms with van der Waals surface area (Å²) in [6.07, 6.45) is 1.41. The molecule has 4 aromatic rings. The predicted octanol–water partition coefficient (Wildman–Crippen LogP) is 7.06. The number of rotatable bonds is 2. The Morgan fingerprint density at radius 1 is 0.959 bits per heavy atom. The van der Waals surface area contributed by atoms with Crippen molar-refractivity contribution in [2.24, 2.45) is 0 Å². The highest BCUT2D eigenvalue weighted by Gasteiger charge is 2.34. The normalized spacial score (nSPS) is 16.5. The third kappa shape index (κ3) is 8.22. The Hall–Kier alpha value is -4.06. The number of ether oxygens (including phenoxy) is 3. The first-order valence-electron chi connectivity index (χ1n) is 16.7. The molecule has 5 heterocycles. The lowest BCUT2D eigenvalue weighted by atomic mass is 9.92. The van der Waals surface area contributed by atoms with Gasteiger partial charge < -0.3 is 29.3 Å². The number of aromatic nitrogens is 2. The number of benzene rings is 2. The van der Waals surface area contributed by atoms with Crippen LogP contribution in [0.1, 0.15) is 62.9 Å². The summed E-state index contributed by atoms with van der Waals surface area (Å²) in [4.78, 5) is 19.5. The van der Waals surface area contributed by atoms with Gasteiger partial charge in [0.25, 0.3) is 0 Å². The van der Waals surface area contributed by atoms with E-state index in [0.717, 1.165) is 70.1 Å². The van der Waals surface area contributed by atoms with E-state index in [1.165, 1.54) is 0 Å². The standard InChI is InChI=1S/C34H37F2N3O5.C4H10O/c1-20-21(2)32-37-31-22(3)39(32)33(25(20)18-30(40)41)38-10-8-34(4,9-11-38)44-15-13-42-12-14-43-29-19-28(36)27(35)17-26(29)23-6-5-7-24(31)16-23;1-4(2,3)5/h5-7,16-17,19H,8-15,18H2,1-4H3,(H,40,41);5H,1-3H3. The summed E-state index contributed by atoms with van der Waals surface area (Å²) in [5.41, 5.74) is 5.93. The fourth-order valence-electron chi connectivity index (χ4n) is 6.38. The number of pyridine rings is 1. The fraction of sp³-hybridized carbons (Fsp3) is 0.474. The van der Waals surface area contributed by atoms with Gasteiger partial charge in [-0.2, -0.15) is 0 Å². The van der Waals surface area contributed by atoms with Crippen LogP contribution < -0.4 is 9.64 Å². The first-order valence-corrected chi connectivity index (χ1v) is 16.7. The molecule has 7 rings (SSSR count). The molecular weight excluding hydrogens is 632 g/mol. The first kappa shape index (κ1) is 36.2. The van der Waals surface area contributed by atoms with Gasteiger partial charge in [0, 0.05) is 41.5 Å². The lowest BCUT2D eigenvalue weighted by Gasteiger charge is -2.41. The lowest BCUT2D eigenvalue weighted by Crippen LogP contribution is -2.45. The monoisotopic (exact) mass is 679 g/mol. The Labute approximate surface area is 286 Å². The topological polar surface area (TPSA) is 106 Å². The van der Waals surface area contributed by atoms with Crippen molar-refractivity contribution in [1.29, 1.82) is 0 Å². The summed E-state index contributed by atoms with van der Waals surface area (Å²) in [5.74, 6) is -1.80. The maximum absolute atomic E-state index is 14.5. The number of hydrogen-bond acceptors (Lipinski definition) is 7. The molecule has 0 atom stereocenters. The molecule has 0 spiro atoms. The molecule has 1 saturated heterocycles. The van der Waals surface area contributed by atoms with E-state index in [1.807, 2.05) is 45.0 Å². The van der Waals surface area contributed by atoms with Crippen molar-refractivity contribution in [2.45, 2.75) is 78.9 Å². The zero-order chi connectivity index (χ0) is 35.7. The third-order valence-electron chi connectivity index (χ3n) is 9.02. The second-order valence-corrected chi connectivity index (χ2v) is 14.1. The molecule has 1 fully saturated rings. The van der Waals surface area contributed by atoms with Crippen molar-refractivity contribution in [1.82, 2.24) is 9.38 Å². The molecule has 11 heteroatoms. The van der Waals surface area contributed by atoms with Crippen molar-refractivity contribution in [3.63, 3.8) is 0 Å². The van der Waals surface area contributed by atoms with Crippen molar-refractivity contribution in [3.8, 4) is 28.1 Å². The Morgan fingerprint density at radius 3 is 2.27 bits per heavy atom. The summed E-state index contributed by atoms with van der Waals surface area (Å²) in [6.45, 7) is 15.8. The SMILES string of the molecule is CC(C)(C)O.Cc1c(CC(=O)O)c2n3c(C)c(nc3c1C)-c1cccc(c1)-c1cc(F)c(F)cc1OCCOCCOC1(C)CCN2CC1. The average Bonchev–Trinajstić information content (AvgIpc) is 3.37. The van der Waals surface area contributed by atoms with Gasteiger partial charge in [0.1, 0.15) is 23.8 Å². The Kier molecular flexibility index (Phi) is 10.7. The Bertz CT molecular complexity index is 1830. The van der Waals surface area contributed by atoms with Crippen LogP contribution in [0.15, 0.2) is 36.4 Å². The zero-order valence-electron chi connectivity index (χ0n) is 29.5. The predicted molar refractivity (Wildman–Crippen MR) is 186 cm³/mol. The number of aryl methyl sites for hydroxylation is 2. The van der Waals surface area contributed by atoms with Crippen LogP contribution in [-0.2, 0) is 20.7 Å². The Morgan fingerprint density at radius 2 is 1.59 bits per heavy atom. The summed E-state index contributed by atoms with van der Waals surface area (Å²) >= 11 is 0. The molecule has 6 bridgehead atoms. The number of carbonyl (C=O) groups is 1. The number of fused-ring (bicyclic) bond motifs is 8. The molecule has 3 aliphatic heterocycles. The number of nitrogens with zero attached hydrogens (tertiary/aromatic N) is 3. The molecule has 49 heavy (non-hydrogen) atoms. The van der Waals surface area contributed by atoms with Crippen molar-refractivity contribution < 1.29 is 38.0 Å². The molecule has 0 amide bonds. The number of imidazole rings is 1. The number of halogens is 2. The lowest BCUT2D eigenvalue weighted by molar-refractivity contribution is -0.136. The van der Waals surface area contributed by atoms with Crippen LogP contribution in [0.4, 0.5) is 14.6 Å². The molecule has 0 unspecified atom stereocenters. The summed E-state index contributed by atoms with van der Waals surface area (Å²) in [5, 5.41) is 18.4. The van der Waals surface area contributed by atoms with Gasteiger partial charge in [-0.1, -0.05) is 18.2 Å². The zero-order valence-corrected chi connectivity index (χ0v) is 29.5. The van der Waals surface area contributed by atoms with Crippen molar-refractivity contribution >= 4 is 17.4 Å². The average molecular weight is 680 g/mol. The molecule has 0 aliphatic carbocycles. The van der Waals surface area contributed by atoms with Gasteiger partial charge in [0.2, 0.25) is 0 Å². The highest BCUT2D eigenvalue weighted by atomic mass is 19.2. The second-order valence-electron chi connectivity index (χ2n) is 14.1. The molecule has 0 radical (unpaired) electrons. The second kappa shape index (κ2) is 14.4. The number of piperidine rings is 1. The number of aliphatic carboxylic acids is 1. The highest BCUT2D eigenvalue weighted by Crippen LogP contribution is 2.39. The van der Waals surface area contributed by atoms with E-state index in [4.69, 9.17) is 24.3 Å². The molecular formula is C38H47F2N3O6. The first-order chi connectivity index (χ1) is 23.1. The molecule has 264 valence electrons. The maximum Gasteiger partial charge on any atom is 0.307 e. The van der Waals surface area contributed by atoms with E-state index in [-0.39, 0.29) is 31.0 Å². The number of carboxylic acid groups (broad SMARTS) is 1. The van der Waals surface area contributed by atoms with Gasteiger partial charge in [-0.3, -0.25) is 9.20 Å². The van der Waals surface area contributed by atoms with E-state index in [9.17, 15) is 18.7 Å². The Balaban J connectivity index is 0.000000874. The number of anilines is 1. The molecule has 2 aromatic heterocycles. The maximum atomic E-state index is 14.5. The smallest absolute Gasteiger partial charge is 0.307 e. The minimum Gasteiger partial charge on any atom is -0.490 e. The molecule has 0 saturated carbocycles. The largest absolute Gasteiger partial charge is 0.490 e. The van der Waals surface area contributed by atoms with E-state index in [1.54, 1.807) is 20.8 Å². The van der Waals surface area contributed by atoms with Crippen LogP contribution in [0.25, 0.3) is 28.0 Å². The molecule has 2 aromatic carbocycles. The van der Waals surface area contributed by atoms with Crippen LogP contribution >= 0.6 is 0 Å². The highest BCUT2D eigenvalue weighted by molar-refractivity contribution is 5.81. The number of aliphatic hydroxyl groups is 1. The van der Waals surface area contributed by atoms with E-state index >= 15 is 0 Å². The van der Waals surface area contributed by atoms with Crippen LogP contribution in [0, 0.1) is 32.4 Å². The van der Waals surface area contributed by atoms with Crippen molar-refractivity contribution in [3.05, 3.63) is 70.4 Å². The van der Waals surface area contributed by atoms with E-state index < -0.39 is 23.2 Å². The minimum atomic E-state index is -0.992. The number of hydrogen-bond donors (Lipinski definition) is 2. The summed E-state index contributed by atoms with van der Waals surface area (Å²) < 4.78 is 48.8.